The third-order valence-corrected chi connectivity index (χ3v) is 3.55. The van der Waals surface area contributed by atoms with Gasteiger partial charge in [-0.05, 0) is 49.7 Å². The number of halogens is 2. The number of rotatable bonds is 4. The van der Waals surface area contributed by atoms with Gasteiger partial charge in [-0.25, -0.2) is 4.98 Å². The summed E-state index contributed by atoms with van der Waals surface area (Å²) in [7, 11) is 0. The number of carbonyl (C=O) groups is 1. The van der Waals surface area contributed by atoms with Crippen LogP contribution in [0.4, 0.5) is 5.69 Å². The Balaban J connectivity index is 1.97. The molecule has 0 atom stereocenters. The predicted octanol–water partition coefficient (Wildman–Crippen LogP) is 4.13. The van der Waals surface area contributed by atoms with Gasteiger partial charge in [0.2, 0.25) is 0 Å². The second kappa shape index (κ2) is 6.91. The molecule has 1 heterocycles. The van der Waals surface area contributed by atoms with Crippen LogP contribution >= 0.6 is 27.5 Å². The van der Waals surface area contributed by atoms with Crippen LogP contribution in [-0.2, 0) is 4.79 Å². The van der Waals surface area contributed by atoms with Gasteiger partial charge in [-0.1, -0.05) is 27.5 Å². The molecule has 1 N–H and O–H groups in total. The minimum absolute atomic E-state index is 0.0920. The summed E-state index contributed by atoms with van der Waals surface area (Å²) in [5.74, 6) is 0.340. The summed E-state index contributed by atoms with van der Waals surface area (Å²) in [6, 6.07) is 9.11. The van der Waals surface area contributed by atoms with E-state index < -0.39 is 0 Å². The highest BCUT2D eigenvalue weighted by Crippen LogP contribution is 2.24. The van der Waals surface area contributed by atoms with E-state index in [0.29, 0.717) is 11.4 Å². The number of carbonyl (C=O) groups excluding carboxylic acids is 1. The lowest BCUT2D eigenvalue weighted by molar-refractivity contribution is -0.118. The molecule has 0 saturated carbocycles. The topological polar surface area (TPSA) is 51.2 Å². The van der Waals surface area contributed by atoms with Crippen molar-refractivity contribution in [3.63, 3.8) is 0 Å². The highest BCUT2D eigenvalue weighted by molar-refractivity contribution is 9.10. The van der Waals surface area contributed by atoms with E-state index in [-0.39, 0.29) is 17.7 Å². The van der Waals surface area contributed by atoms with Crippen LogP contribution in [-0.4, -0.2) is 17.5 Å². The van der Waals surface area contributed by atoms with E-state index in [1.165, 1.54) is 0 Å². The Labute approximate surface area is 136 Å². The van der Waals surface area contributed by atoms with Crippen LogP contribution in [0.25, 0.3) is 0 Å². The molecular formula is C15H14BrClN2O2. The van der Waals surface area contributed by atoms with Crippen LogP contribution in [0.5, 0.6) is 5.75 Å². The molecule has 0 aliphatic carbocycles. The third-order valence-electron chi connectivity index (χ3n) is 2.75. The SMILES string of the molecule is Cc1cc(C)c(NC(=O)COc2ccc(Br)cc2)c(Cl)n1. The molecule has 1 aromatic carbocycles. The van der Waals surface area contributed by atoms with Crippen molar-refractivity contribution in [2.75, 3.05) is 11.9 Å². The Hall–Kier alpha value is -1.59. The fourth-order valence-electron chi connectivity index (χ4n) is 1.80. The van der Waals surface area contributed by atoms with Gasteiger partial charge in [0.25, 0.3) is 5.91 Å². The molecule has 0 unspecified atom stereocenters. The second-order valence-corrected chi connectivity index (χ2v) is 5.81. The molecule has 2 aromatic rings. The average Bonchev–Trinajstić information content (AvgIpc) is 2.42. The lowest BCUT2D eigenvalue weighted by Gasteiger charge is -2.11. The first-order valence-corrected chi connectivity index (χ1v) is 7.45. The summed E-state index contributed by atoms with van der Waals surface area (Å²) in [4.78, 5) is 16.0. The van der Waals surface area contributed by atoms with Crippen LogP contribution in [0.15, 0.2) is 34.8 Å². The average molecular weight is 370 g/mol. The van der Waals surface area contributed by atoms with Gasteiger partial charge < -0.3 is 10.1 Å². The maximum atomic E-state index is 11.9. The van der Waals surface area contributed by atoms with E-state index in [4.69, 9.17) is 16.3 Å². The Kier molecular flexibility index (Phi) is 5.20. The summed E-state index contributed by atoms with van der Waals surface area (Å²) in [6.07, 6.45) is 0. The molecule has 0 aliphatic heterocycles. The molecule has 0 fully saturated rings. The molecule has 21 heavy (non-hydrogen) atoms. The fourth-order valence-corrected chi connectivity index (χ4v) is 2.39. The number of pyridine rings is 1. The smallest absolute Gasteiger partial charge is 0.262 e. The number of amides is 1. The second-order valence-electron chi connectivity index (χ2n) is 4.54. The summed E-state index contributed by atoms with van der Waals surface area (Å²) in [6.45, 7) is 3.62. The Morgan fingerprint density at radius 1 is 1.33 bits per heavy atom. The van der Waals surface area contributed by atoms with Gasteiger partial charge in [-0.2, -0.15) is 0 Å². The molecule has 110 valence electrons. The maximum Gasteiger partial charge on any atom is 0.262 e. The van der Waals surface area contributed by atoms with Crippen LogP contribution in [0.1, 0.15) is 11.3 Å². The van der Waals surface area contributed by atoms with Crippen molar-refractivity contribution in [2.24, 2.45) is 0 Å². The number of aromatic nitrogens is 1. The number of anilines is 1. The van der Waals surface area contributed by atoms with Crippen LogP contribution in [0, 0.1) is 13.8 Å². The summed E-state index contributed by atoms with van der Waals surface area (Å²) < 4.78 is 6.35. The van der Waals surface area contributed by atoms with Crippen LogP contribution in [0.2, 0.25) is 5.15 Å². The summed E-state index contributed by atoms with van der Waals surface area (Å²) >= 11 is 9.38. The van der Waals surface area contributed by atoms with Crippen molar-refractivity contribution < 1.29 is 9.53 Å². The standard InChI is InChI=1S/C15H14BrClN2O2/c1-9-7-10(2)18-15(17)14(9)19-13(20)8-21-12-5-3-11(16)4-6-12/h3-7H,8H2,1-2H3,(H,19,20). The van der Waals surface area contributed by atoms with Crippen LogP contribution in [0.3, 0.4) is 0 Å². The number of hydrogen-bond acceptors (Lipinski definition) is 3. The number of benzene rings is 1. The molecule has 2 rings (SSSR count). The van der Waals surface area contributed by atoms with E-state index in [0.717, 1.165) is 15.7 Å². The van der Waals surface area contributed by atoms with Gasteiger partial charge >= 0.3 is 0 Å². The zero-order valence-corrected chi connectivity index (χ0v) is 14.0. The highest BCUT2D eigenvalue weighted by atomic mass is 79.9. The molecule has 0 radical (unpaired) electrons. The van der Waals surface area contributed by atoms with Crippen LogP contribution < -0.4 is 10.1 Å². The van der Waals surface area contributed by atoms with Crippen molar-refractivity contribution in [3.8, 4) is 5.75 Å². The third kappa shape index (κ3) is 4.44. The van der Waals surface area contributed by atoms with E-state index in [9.17, 15) is 4.79 Å². The first kappa shape index (κ1) is 15.8. The normalized spacial score (nSPS) is 10.3. The molecule has 1 aromatic heterocycles. The molecule has 0 aliphatic rings. The van der Waals surface area contributed by atoms with Crippen molar-refractivity contribution in [2.45, 2.75) is 13.8 Å². The van der Waals surface area contributed by atoms with Gasteiger partial charge in [0.05, 0.1) is 5.69 Å². The van der Waals surface area contributed by atoms with Crippen molar-refractivity contribution in [1.82, 2.24) is 4.98 Å². The van der Waals surface area contributed by atoms with Crippen molar-refractivity contribution in [3.05, 3.63) is 51.2 Å². The molecular weight excluding hydrogens is 356 g/mol. The summed E-state index contributed by atoms with van der Waals surface area (Å²) in [5, 5.41) is 3.00. The molecule has 6 heteroatoms. The Morgan fingerprint density at radius 2 is 2.00 bits per heavy atom. The van der Waals surface area contributed by atoms with Gasteiger partial charge in [0.15, 0.2) is 11.8 Å². The molecule has 0 bridgehead atoms. The maximum absolute atomic E-state index is 11.9. The fraction of sp³-hybridized carbons (Fsp3) is 0.200. The summed E-state index contributed by atoms with van der Waals surface area (Å²) in [5.41, 5.74) is 2.19. The number of ether oxygens (including phenoxy) is 1. The lowest BCUT2D eigenvalue weighted by Crippen LogP contribution is -2.21. The van der Waals surface area contributed by atoms with Gasteiger partial charge in [-0.15, -0.1) is 0 Å². The highest BCUT2D eigenvalue weighted by Gasteiger charge is 2.11. The quantitative estimate of drug-likeness (QED) is 0.824. The molecule has 0 saturated heterocycles. The zero-order chi connectivity index (χ0) is 15.4. The molecule has 1 amide bonds. The van der Waals surface area contributed by atoms with Crippen molar-refractivity contribution >= 4 is 39.1 Å². The van der Waals surface area contributed by atoms with E-state index in [1.54, 1.807) is 12.1 Å². The first-order valence-electron chi connectivity index (χ1n) is 6.27. The minimum atomic E-state index is -0.284. The van der Waals surface area contributed by atoms with E-state index in [2.05, 4.69) is 26.2 Å². The van der Waals surface area contributed by atoms with E-state index >= 15 is 0 Å². The monoisotopic (exact) mass is 368 g/mol. The number of nitrogens with one attached hydrogen (secondary N) is 1. The van der Waals surface area contributed by atoms with Gasteiger partial charge in [0.1, 0.15) is 5.75 Å². The van der Waals surface area contributed by atoms with Crippen molar-refractivity contribution in [1.29, 1.82) is 0 Å². The molecule has 4 nitrogen and oxygen atoms in total. The zero-order valence-electron chi connectivity index (χ0n) is 11.6. The number of nitrogens with zero attached hydrogens (tertiary/aromatic N) is 1. The van der Waals surface area contributed by atoms with E-state index in [1.807, 2.05) is 32.0 Å². The first-order chi connectivity index (χ1) is 9.95. The molecule has 0 spiro atoms. The lowest BCUT2D eigenvalue weighted by atomic mass is 10.2. The number of hydrogen-bond donors (Lipinski definition) is 1. The minimum Gasteiger partial charge on any atom is -0.484 e. The van der Waals surface area contributed by atoms with Gasteiger partial charge in [0, 0.05) is 10.2 Å². The van der Waals surface area contributed by atoms with Gasteiger partial charge in [-0.3, -0.25) is 4.79 Å². The Bertz CT molecular complexity index is 636. The number of aryl methyl sites for hydroxylation is 2. The largest absolute Gasteiger partial charge is 0.484 e. The Morgan fingerprint density at radius 3 is 2.62 bits per heavy atom. The predicted molar refractivity (Wildman–Crippen MR) is 87.0 cm³/mol.